The first-order chi connectivity index (χ1) is 3.84. The van der Waals surface area contributed by atoms with Crippen LogP contribution < -0.4 is 4.43 Å². The van der Waals surface area contributed by atoms with E-state index in [0.29, 0.717) is 0 Å². The maximum absolute atomic E-state index is 8.36. The molecule has 0 unspecified atom stereocenters. The van der Waals surface area contributed by atoms with Gasteiger partial charge in [0.1, 0.15) is 0 Å². The molecule has 0 radical (unpaired) electrons. The van der Waals surface area contributed by atoms with E-state index in [2.05, 4.69) is 11.1 Å². The molecule has 0 saturated heterocycles. The van der Waals surface area contributed by atoms with Crippen LogP contribution in [0.15, 0.2) is 12.4 Å². The Labute approximate surface area is 55.6 Å². The number of aromatic amines is 1. The molecule has 1 aromatic heterocycles. The molecular formula is C5H5AlN2. The highest BCUT2D eigenvalue weighted by atomic mass is 27.0. The summed E-state index contributed by atoms with van der Waals surface area (Å²) >= 11 is 0.954. The highest BCUT2D eigenvalue weighted by Crippen LogP contribution is 1.85. The Morgan fingerprint density at radius 1 is 1.62 bits per heavy atom. The van der Waals surface area contributed by atoms with Crippen LogP contribution in [0.3, 0.4) is 0 Å². The number of nitrogens with zero attached hydrogens (tertiary/aromatic N) is 1. The van der Waals surface area contributed by atoms with Crippen molar-refractivity contribution in [3.8, 4) is 6.07 Å². The van der Waals surface area contributed by atoms with Gasteiger partial charge < -0.3 is 4.98 Å². The smallest absolute Gasteiger partial charge is 0.263 e. The molecule has 0 aliphatic rings. The summed E-state index contributed by atoms with van der Waals surface area (Å²) in [5.74, 6) is 0. The number of hydrogen-bond acceptors (Lipinski definition) is 1. The van der Waals surface area contributed by atoms with Gasteiger partial charge in [-0.15, -0.1) is 0 Å². The van der Waals surface area contributed by atoms with E-state index in [1.807, 2.05) is 6.20 Å². The molecule has 0 aromatic carbocycles. The summed E-state index contributed by atoms with van der Waals surface area (Å²) in [4.78, 5) is 2.86. The lowest BCUT2D eigenvalue weighted by molar-refractivity contribution is 1.40. The van der Waals surface area contributed by atoms with Crippen molar-refractivity contribution >= 4 is 20.7 Å². The van der Waals surface area contributed by atoms with Crippen molar-refractivity contribution in [3.05, 3.63) is 18.0 Å². The number of nitriles is 1. The SMILES string of the molecule is N#Cc1c[nH]c[c]1[AlH2]. The Hall–Kier alpha value is -0.698. The molecule has 0 bridgehead atoms. The predicted octanol–water partition coefficient (Wildman–Crippen LogP) is -0.855. The number of H-pyrrole nitrogens is 1. The topological polar surface area (TPSA) is 39.6 Å². The summed E-state index contributed by atoms with van der Waals surface area (Å²) in [6.07, 6.45) is 3.59. The third kappa shape index (κ3) is 0.768. The van der Waals surface area contributed by atoms with Crippen molar-refractivity contribution in [2.45, 2.75) is 0 Å². The first-order valence-corrected chi connectivity index (χ1v) is 3.38. The van der Waals surface area contributed by atoms with Crippen molar-refractivity contribution in [3.63, 3.8) is 0 Å². The maximum atomic E-state index is 8.36. The molecule has 0 aliphatic carbocycles. The molecule has 0 saturated carbocycles. The van der Waals surface area contributed by atoms with Crippen molar-refractivity contribution in [2.24, 2.45) is 0 Å². The van der Waals surface area contributed by atoms with E-state index < -0.39 is 0 Å². The van der Waals surface area contributed by atoms with Gasteiger partial charge in [0, 0.05) is 6.20 Å². The van der Waals surface area contributed by atoms with Crippen LogP contribution in [0.2, 0.25) is 0 Å². The highest BCUT2D eigenvalue weighted by Gasteiger charge is 1.92. The molecule has 1 aromatic rings. The molecule has 1 rings (SSSR count). The van der Waals surface area contributed by atoms with E-state index in [0.717, 1.165) is 26.3 Å². The van der Waals surface area contributed by atoms with Gasteiger partial charge in [0.15, 0.2) is 0 Å². The molecule has 38 valence electrons. The minimum absolute atomic E-state index is 0.789. The lowest BCUT2D eigenvalue weighted by Gasteiger charge is -1.76. The van der Waals surface area contributed by atoms with Crippen molar-refractivity contribution in [1.82, 2.24) is 4.98 Å². The molecule has 8 heavy (non-hydrogen) atoms. The zero-order chi connectivity index (χ0) is 5.98. The van der Waals surface area contributed by atoms with E-state index in [1.54, 1.807) is 6.20 Å². The Morgan fingerprint density at radius 2 is 2.38 bits per heavy atom. The molecule has 0 amide bonds. The van der Waals surface area contributed by atoms with Crippen LogP contribution in [0.25, 0.3) is 0 Å². The fraction of sp³-hybridized carbons (Fsp3) is 0. The second-order valence-corrected chi connectivity index (χ2v) is 2.74. The second-order valence-electron chi connectivity index (χ2n) is 1.66. The van der Waals surface area contributed by atoms with Gasteiger partial charge in [-0.1, -0.05) is 4.43 Å². The van der Waals surface area contributed by atoms with E-state index in [1.165, 1.54) is 0 Å². The second kappa shape index (κ2) is 2.05. The van der Waals surface area contributed by atoms with Crippen LogP contribution in [-0.4, -0.2) is 21.3 Å². The van der Waals surface area contributed by atoms with Gasteiger partial charge in [-0.05, 0) is 6.20 Å². The van der Waals surface area contributed by atoms with Gasteiger partial charge in [0.25, 0.3) is 16.3 Å². The Bertz CT molecular complexity index is 221. The van der Waals surface area contributed by atoms with E-state index in [9.17, 15) is 0 Å². The number of rotatable bonds is 0. The first-order valence-electron chi connectivity index (χ1n) is 2.38. The molecule has 0 aliphatic heterocycles. The molecule has 0 fully saturated rings. The minimum Gasteiger partial charge on any atom is -0.368 e. The molecule has 1 N–H and O–H groups in total. The van der Waals surface area contributed by atoms with Crippen LogP contribution in [0.1, 0.15) is 5.56 Å². The van der Waals surface area contributed by atoms with Crippen LogP contribution in [0.4, 0.5) is 0 Å². The van der Waals surface area contributed by atoms with Gasteiger partial charge in [0.05, 0.1) is 11.6 Å². The quantitative estimate of drug-likeness (QED) is 0.445. The fourth-order valence-electron chi connectivity index (χ4n) is 0.562. The van der Waals surface area contributed by atoms with E-state index in [4.69, 9.17) is 5.26 Å². The molecule has 0 spiro atoms. The summed E-state index contributed by atoms with van der Waals surface area (Å²) in [6, 6.07) is 2.08. The summed E-state index contributed by atoms with van der Waals surface area (Å²) < 4.78 is 1.15. The van der Waals surface area contributed by atoms with Gasteiger partial charge in [-0.25, -0.2) is 0 Å². The Morgan fingerprint density at radius 3 is 2.62 bits per heavy atom. The lowest BCUT2D eigenvalue weighted by atomic mass is 10.4. The van der Waals surface area contributed by atoms with Crippen molar-refractivity contribution < 1.29 is 0 Å². The zero-order valence-corrected chi connectivity index (χ0v) is 6.60. The first kappa shape index (κ1) is 5.44. The van der Waals surface area contributed by atoms with Crippen molar-refractivity contribution in [2.75, 3.05) is 0 Å². The average Bonchev–Trinajstić information content (AvgIpc) is 2.14. The summed E-state index contributed by atoms with van der Waals surface area (Å²) in [7, 11) is 0. The fourth-order valence-corrected chi connectivity index (χ4v) is 0.985. The molecule has 2 nitrogen and oxygen atoms in total. The van der Waals surface area contributed by atoms with Gasteiger partial charge in [-0.2, -0.15) is 5.26 Å². The maximum Gasteiger partial charge on any atom is 0.263 e. The van der Waals surface area contributed by atoms with Crippen LogP contribution in [0, 0.1) is 11.3 Å². The van der Waals surface area contributed by atoms with Gasteiger partial charge in [-0.3, -0.25) is 0 Å². The van der Waals surface area contributed by atoms with Gasteiger partial charge >= 0.3 is 0 Å². The number of hydrogen-bond donors (Lipinski definition) is 1. The van der Waals surface area contributed by atoms with Crippen molar-refractivity contribution in [1.29, 1.82) is 5.26 Å². The summed E-state index contributed by atoms with van der Waals surface area (Å²) in [5, 5.41) is 8.36. The number of aromatic nitrogens is 1. The van der Waals surface area contributed by atoms with Crippen LogP contribution in [0.5, 0.6) is 0 Å². The standard InChI is InChI=1S/C5H3N2.Al.2H/c6-3-5-1-2-7-4-5;;;/h2,4,7H;;;. The van der Waals surface area contributed by atoms with Crippen LogP contribution >= 0.6 is 0 Å². The Balaban J connectivity index is 3.15. The summed E-state index contributed by atoms with van der Waals surface area (Å²) in [5.41, 5.74) is 0.789. The van der Waals surface area contributed by atoms with E-state index >= 15 is 0 Å². The molecule has 1 heterocycles. The number of nitrogens with one attached hydrogen (secondary N) is 1. The van der Waals surface area contributed by atoms with Crippen LogP contribution in [-0.2, 0) is 0 Å². The predicted molar refractivity (Wildman–Crippen MR) is 33.7 cm³/mol. The normalized spacial score (nSPS) is 8.38. The summed E-state index contributed by atoms with van der Waals surface area (Å²) in [6.45, 7) is 0. The lowest BCUT2D eigenvalue weighted by Crippen LogP contribution is -2.00. The molecular weight excluding hydrogens is 115 g/mol. The zero-order valence-electron chi connectivity index (χ0n) is 4.60. The Kier molecular flexibility index (Phi) is 1.39. The van der Waals surface area contributed by atoms with Gasteiger partial charge in [0.2, 0.25) is 0 Å². The minimum atomic E-state index is 0.789. The third-order valence-electron chi connectivity index (χ3n) is 1.07. The van der Waals surface area contributed by atoms with E-state index in [-0.39, 0.29) is 0 Å². The monoisotopic (exact) mass is 120 g/mol. The molecule has 0 atom stereocenters. The largest absolute Gasteiger partial charge is 0.368 e. The molecule has 3 heteroatoms. The average molecular weight is 120 g/mol. The third-order valence-corrected chi connectivity index (χ3v) is 1.90. The highest BCUT2D eigenvalue weighted by molar-refractivity contribution is 6.33.